The lowest BCUT2D eigenvalue weighted by molar-refractivity contribution is -0.0880. The highest BCUT2D eigenvalue weighted by atomic mass is 19.1. The van der Waals surface area contributed by atoms with Crippen molar-refractivity contribution in [3.05, 3.63) is 41.8 Å². The Labute approximate surface area is 141 Å². The summed E-state index contributed by atoms with van der Waals surface area (Å²) in [6.45, 7) is 1.58. The molecule has 1 aliphatic heterocycles. The standard InChI is InChI=1S/C19H23FN2O2/c1-24-19-8-7-15(23)11-17(19)22(10-9-19)12-14-6-5-13-3-2-4-16(20)18(13)21-14/h2-6,15,17,23H,7-12H2,1H3/t15-,17-,19+/m0/s1. The molecule has 1 N–H and O–H groups in total. The number of nitrogens with zero attached hydrogens (tertiary/aromatic N) is 2. The fourth-order valence-electron chi connectivity index (χ4n) is 4.41. The first-order valence-corrected chi connectivity index (χ1v) is 8.63. The molecule has 1 aromatic carbocycles. The van der Waals surface area contributed by atoms with Crippen molar-refractivity contribution >= 4 is 10.9 Å². The van der Waals surface area contributed by atoms with Gasteiger partial charge >= 0.3 is 0 Å². The summed E-state index contributed by atoms with van der Waals surface area (Å²) in [4.78, 5) is 6.86. The highest BCUT2D eigenvalue weighted by Crippen LogP contribution is 2.42. The van der Waals surface area contributed by atoms with E-state index in [1.165, 1.54) is 6.07 Å². The molecule has 5 heteroatoms. The van der Waals surface area contributed by atoms with Crippen LogP contribution in [-0.2, 0) is 11.3 Å². The van der Waals surface area contributed by atoms with Crippen molar-refractivity contribution in [3.8, 4) is 0 Å². The van der Waals surface area contributed by atoms with Gasteiger partial charge in [-0.15, -0.1) is 0 Å². The Morgan fingerprint density at radius 3 is 3.04 bits per heavy atom. The molecule has 3 atom stereocenters. The second kappa shape index (κ2) is 6.06. The minimum Gasteiger partial charge on any atom is -0.393 e. The van der Waals surface area contributed by atoms with Gasteiger partial charge in [-0.05, 0) is 37.8 Å². The molecule has 0 radical (unpaired) electrons. The first kappa shape index (κ1) is 15.9. The van der Waals surface area contributed by atoms with Crippen LogP contribution in [0.4, 0.5) is 4.39 Å². The SMILES string of the molecule is CO[C@@]12CC[C@H](O)C[C@@H]1N(Cc1ccc3cccc(F)c3n1)CC2. The van der Waals surface area contributed by atoms with Crippen molar-refractivity contribution in [2.75, 3.05) is 13.7 Å². The number of fused-ring (bicyclic) bond motifs is 2. The van der Waals surface area contributed by atoms with Crippen LogP contribution in [0.3, 0.4) is 0 Å². The van der Waals surface area contributed by atoms with Gasteiger partial charge in [-0.2, -0.15) is 0 Å². The third-order valence-electron chi connectivity index (χ3n) is 5.77. The number of pyridine rings is 1. The smallest absolute Gasteiger partial charge is 0.149 e. The van der Waals surface area contributed by atoms with E-state index in [-0.39, 0.29) is 23.6 Å². The van der Waals surface area contributed by atoms with Crippen molar-refractivity contribution in [3.63, 3.8) is 0 Å². The lowest BCUT2D eigenvalue weighted by atomic mass is 9.79. The predicted molar refractivity (Wildman–Crippen MR) is 90.1 cm³/mol. The van der Waals surface area contributed by atoms with Crippen LogP contribution in [0.15, 0.2) is 30.3 Å². The molecule has 2 heterocycles. The molecule has 2 fully saturated rings. The van der Waals surface area contributed by atoms with Gasteiger partial charge in [-0.25, -0.2) is 9.37 Å². The van der Waals surface area contributed by atoms with Crippen LogP contribution in [-0.4, -0.2) is 46.4 Å². The number of likely N-dealkylation sites (tertiary alicyclic amines) is 1. The van der Waals surface area contributed by atoms with Gasteiger partial charge in [0.05, 0.1) is 17.4 Å². The van der Waals surface area contributed by atoms with E-state index < -0.39 is 0 Å². The van der Waals surface area contributed by atoms with E-state index >= 15 is 0 Å². The number of hydrogen-bond acceptors (Lipinski definition) is 4. The average molecular weight is 330 g/mol. The lowest BCUT2D eigenvalue weighted by Gasteiger charge is -2.42. The molecule has 24 heavy (non-hydrogen) atoms. The summed E-state index contributed by atoms with van der Waals surface area (Å²) in [5.41, 5.74) is 1.14. The Hall–Kier alpha value is -1.56. The maximum atomic E-state index is 14.0. The lowest BCUT2D eigenvalue weighted by Crippen LogP contribution is -2.51. The number of ether oxygens (including phenoxy) is 1. The molecule has 0 amide bonds. The largest absolute Gasteiger partial charge is 0.393 e. The zero-order valence-corrected chi connectivity index (χ0v) is 13.9. The van der Waals surface area contributed by atoms with E-state index in [9.17, 15) is 9.50 Å². The summed E-state index contributed by atoms with van der Waals surface area (Å²) in [6.07, 6.45) is 3.14. The Morgan fingerprint density at radius 1 is 1.33 bits per heavy atom. The second-order valence-corrected chi connectivity index (χ2v) is 7.05. The van der Waals surface area contributed by atoms with Gasteiger partial charge in [0, 0.05) is 31.6 Å². The topological polar surface area (TPSA) is 45.6 Å². The van der Waals surface area contributed by atoms with E-state index in [0.717, 1.165) is 43.3 Å². The minimum absolute atomic E-state index is 0.151. The van der Waals surface area contributed by atoms with E-state index in [2.05, 4.69) is 9.88 Å². The van der Waals surface area contributed by atoms with Crippen LogP contribution in [0.2, 0.25) is 0 Å². The number of aromatic nitrogens is 1. The summed E-state index contributed by atoms with van der Waals surface area (Å²) in [5.74, 6) is -0.282. The summed E-state index contributed by atoms with van der Waals surface area (Å²) >= 11 is 0. The zero-order chi connectivity index (χ0) is 16.7. The second-order valence-electron chi connectivity index (χ2n) is 7.05. The molecular formula is C19H23FN2O2. The van der Waals surface area contributed by atoms with Gasteiger partial charge in [0.1, 0.15) is 11.3 Å². The average Bonchev–Trinajstić information content (AvgIpc) is 2.94. The summed E-state index contributed by atoms with van der Waals surface area (Å²) < 4.78 is 19.9. The first-order valence-electron chi connectivity index (χ1n) is 8.63. The van der Waals surface area contributed by atoms with Gasteiger partial charge in [0.25, 0.3) is 0 Å². The van der Waals surface area contributed by atoms with Crippen molar-refractivity contribution < 1.29 is 14.2 Å². The highest BCUT2D eigenvalue weighted by molar-refractivity contribution is 5.79. The maximum absolute atomic E-state index is 14.0. The monoisotopic (exact) mass is 330 g/mol. The van der Waals surface area contributed by atoms with Gasteiger partial charge in [0.2, 0.25) is 0 Å². The highest BCUT2D eigenvalue weighted by Gasteiger charge is 2.50. The van der Waals surface area contributed by atoms with Gasteiger partial charge < -0.3 is 9.84 Å². The van der Waals surface area contributed by atoms with Crippen LogP contribution in [0.5, 0.6) is 0 Å². The first-order chi connectivity index (χ1) is 11.6. The van der Waals surface area contributed by atoms with Crippen LogP contribution in [0.25, 0.3) is 10.9 Å². The molecule has 0 spiro atoms. The number of aliphatic hydroxyl groups is 1. The Morgan fingerprint density at radius 2 is 2.21 bits per heavy atom. The maximum Gasteiger partial charge on any atom is 0.149 e. The summed E-state index contributed by atoms with van der Waals surface area (Å²) in [6, 6.07) is 9.12. The summed E-state index contributed by atoms with van der Waals surface area (Å²) in [5, 5.41) is 10.9. The molecule has 2 aromatic rings. The van der Waals surface area contributed by atoms with Gasteiger partial charge in [-0.3, -0.25) is 4.90 Å². The quantitative estimate of drug-likeness (QED) is 0.940. The van der Waals surface area contributed by atoms with Crippen LogP contribution < -0.4 is 0 Å². The Balaban J connectivity index is 1.60. The van der Waals surface area contributed by atoms with Crippen LogP contribution in [0, 0.1) is 5.82 Å². The van der Waals surface area contributed by atoms with Crippen LogP contribution in [0.1, 0.15) is 31.4 Å². The number of benzene rings is 1. The third-order valence-corrected chi connectivity index (χ3v) is 5.77. The Bertz CT molecular complexity index is 753. The number of halogens is 1. The number of rotatable bonds is 3. The van der Waals surface area contributed by atoms with Crippen molar-refractivity contribution in [2.45, 2.75) is 50.0 Å². The number of aliphatic hydroxyl groups excluding tert-OH is 1. The number of hydrogen-bond donors (Lipinski definition) is 1. The molecule has 1 saturated carbocycles. The van der Waals surface area contributed by atoms with Crippen molar-refractivity contribution in [2.24, 2.45) is 0 Å². The molecule has 1 aliphatic carbocycles. The predicted octanol–water partition coefficient (Wildman–Crippen LogP) is 2.88. The normalized spacial score (nSPS) is 30.6. The molecule has 4 nitrogen and oxygen atoms in total. The Kier molecular flexibility index (Phi) is 4.03. The van der Waals surface area contributed by atoms with Crippen LogP contribution >= 0.6 is 0 Å². The summed E-state index contributed by atoms with van der Waals surface area (Å²) in [7, 11) is 1.78. The molecular weight excluding hydrogens is 307 g/mol. The third kappa shape index (κ3) is 2.61. The van der Waals surface area contributed by atoms with Gasteiger partial charge in [0.15, 0.2) is 0 Å². The molecule has 2 aliphatic rings. The zero-order valence-electron chi connectivity index (χ0n) is 13.9. The fourth-order valence-corrected chi connectivity index (χ4v) is 4.41. The minimum atomic E-state index is -0.282. The molecule has 1 saturated heterocycles. The molecule has 128 valence electrons. The van der Waals surface area contributed by atoms with E-state index in [1.54, 1.807) is 13.2 Å². The van der Waals surface area contributed by atoms with E-state index in [1.807, 2.05) is 18.2 Å². The number of para-hydroxylation sites is 1. The molecule has 0 bridgehead atoms. The molecule has 0 unspecified atom stereocenters. The van der Waals surface area contributed by atoms with E-state index in [4.69, 9.17) is 4.74 Å². The van der Waals surface area contributed by atoms with Crippen molar-refractivity contribution in [1.82, 2.24) is 9.88 Å². The van der Waals surface area contributed by atoms with E-state index in [0.29, 0.717) is 12.1 Å². The molecule has 4 rings (SSSR count). The number of methoxy groups -OCH3 is 1. The van der Waals surface area contributed by atoms with Gasteiger partial charge in [-0.1, -0.05) is 18.2 Å². The fraction of sp³-hybridized carbons (Fsp3) is 0.526. The molecule has 1 aromatic heterocycles. The van der Waals surface area contributed by atoms with Crippen molar-refractivity contribution in [1.29, 1.82) is 0 Å².